The van der Waals surface area contributed by atoms with Gasteiger partial charge in [-0.15, -0.1) is 0 Å². The monoisotopic (exact) mass is 256 g/mol. The highest BCUT2D eigenvalue weighted by atomic mass is 16.8. The molecular formula is C15H16N2O2. The first-order valence-corrected chi connectivity index (χ1v) is 6.33. The van der Waals surface area contributed by atoms with Crippen molar-refractivity contribution >= 4 is 0 Å². The van der Waals surface area contributed by atoms with Crippen LogP contribution in [-0.4, -0.2) is 15.8 Å². The minimum atomic E-state index is -0.635. The molecule has 19 heavy (non-hydrogen) atoms. The maximum absolute atomic E-state index is 5.98. The third-order valence-corrected chi connectivity index (χ3v) is 3.06. The van der Waals surface area contributed by atoms with Gasteiger partial charge in [-0.1, -0.05) is 12.1 Å². The third kappa shape index (κ3) is 2.50. The first-order valence-electron chi connectivity index (χ1n) is 6.33. The van der Waals surface area contributed by atoms with E-state index < -0.39 is 5.79 Å². The van der Waals surface area contributed by atoms with E-state index >= 15 is 0 Å². The number of nitrogens with zero attached hydrogens (tertiary/aromatic N) is 2. The van der Waals surface area contributed by atoms with Gasteiger partial charge in [0.2, 0.25) is 0 Å². The zero-order valence-electron chi connectivity index (χ0n) is 11.0. The van der Waals surface area contributed by atoms with Gasteiger partial charge in [0.15, 0.2) is 5.79 Å². The minimum absolute atomic E-state index is 0.230. The molecule has 0 aromatic carbocycles. The second-order valence-corrected chi connectivity index (χ2v) is 4.99. The number of rotatable bonds is 2. The zero-order chi connectivity index (χ0) is 13.3. The molecule has 1 fully saturated rings. The van der Waals surface area contributed by atoms with Crippen molar-refractivity contribution in [1.82, 2.24) is 9.97 Å². The van der Waals surface area contributed by atoms with Crippen molar-refractivity contribution in [2.45, 2.75) is 31.8 Å². The van der Waals surface area contributed by atoms with Gasteiger partial charge in [-0.2, -0.15) is 0 Å². The van der Waals surface area contributed by atoms with Crippen LogP contribution >= 0.6 is 0 Å². The highest BCUT2D eigenvalue weighted by Gasteiger charge is 2.44. The van der Waals surface area contributed by atoms with Crippen LogP contribution in [0.25, 0.3) is 0 Å². The Morgan fingerprint density at radius 1 is 0.842 bits per heavy atom. The van der Waals surface area contributed by atoms with Crippen molar-refractivity contribution in [3.8, 4) is 0 Å². The second-order valence-electron chi connectivity index (χ2n) is 4.99. The maximum atomic E-state index is 5.98. The third-order valence-electron chi connectivity index (χ3n) is 3.06. The van der Waals surface area contributed by atoms with Crippen LogP contribution in [0.2, 0.25) is 0 Å². The lowest BCUT2D eigenvalue weighted by atomic mass is 10.1. The van der Waals surface area contributed by atoms with Crippen molar-refractivity contribution in [3.05, 3.63) is 60.2 Å². The van der Waals surface area contributed by atoms with Crippen molar-refractivity contribution in [3.63, 3.8) is 0 Å². The first-order chi connectivity index (χ1) is 9.16. The fourth-order valence-corrected chi connectivity index (χ4v) is 2.28. The summed E-state index contributed by atoms with van der Waals surface area (Å²) in [5, 5.41) is 0. The number of ether oxygens (including phenoxy) is 2. The average Bonchev–Trinajstić information content (AvgIpc) is 2.77. The van der Waals surface area contributed by atoms with Crippen LogP contribution in [0, 0.1) is 0 Å². The highest BCUT2D eigenvalue weighted by Crippen LogP contribution is 2.45. The fourth-order valence-electron chi connectivity index (χ4n) is 2.28. The van der Waals surface area contributed by atoms with Gasteiger partial charge >= 0.3 is 0 Å². The van der Waals surface area contributed by atoms with E-state index in [1.54, 1.807) is 12.4 Å². The van der Waals surface area contributed by atoms with Gasteiger partial charge in [0, 0.05) is 12.4 Å². The van der Waals surface area contributed by atoms with Gasteiger partial charge in [0.05, 0.1) is 11.4 Å². The summed E-state index contributed by atoms with van der Waals surface area (Å²) in [7, 11) is 0. The van der Waals surface area contributed by atoms with Gasteiger partial charge < -0.3 is 9.47 Å². The van der Waals surface area contributed by atoms with Crippen LogP contribution in [-0.2, 0) is 9.47 Å². The van der Waals surface area contributed by atoms with E-state index in [4.69, 9.17) is 9.47 Å². The second kappa shape index (κ2) is 4.72. The molecule has 4 heteroatoms. The topological polar surface area (TPSA) is 44.2 Å². The van der Waals surface area contributed by atoms with Crippen LogP contribution in [0.4, 0.5) is 0 Å². The summed E-state index contributed by atoms with van der Waals surface area (Å²) in [6.45, 7) is 3.82. The molecule has 0 amide bonds. The molecule has 3 heterocycles. The number of hydrogen-bond acceptors (Lipinski definition) is 4. The molecule has 98 valence electrons. The molecule has 2 aromatic heterocycles. The summed E-state index contributed by atoms with van der Waals surface area (Å²) in [6, 6.07) is 11.6. The van der Waals surface area contributed by atoms with E-state index in [0.717, 1.165) is 11.4 Å². The Morgan fingerprint density at radius 2 is 1.32 bits per heavy atom. The Labute approximate surface area is 112 Å². The molecule has 0 radical (unpaired) electrons. The Hall–Kier alpha value is -1.78. The van der Waals surface area contributed by atoms with E-state index in [9.17, 15) is 0 Å². The first kappa shape index (κ1) is 12.3. The lowest BCUT2D eigenvalue weighted by Gasteiger charge is -2.16. The number of pyridine rings is 2. The molecule has 0 spiro atoms. The molecule has 2 aromatic rings. The smallest absolute Gasteiger partial charge is 0.164 e. The van der Waals surface area contributed by atoms with Crippen LogP contribution in [0.15, 0.2) is 48.8 Å². The van der Waals surface area contributed by atoms with Crippen LogP contribution in [0.3, 0.4) is 0 Å². The summed E-state index contributed by atoms with van der Waals surface area (Å²) in [6.07, 6.45) is 3.07. The molecule has 0 aliphatic carbocycles. The number of hydrogen-bond donors (Lipinski definition) is 0. The van der Waals surface area contributed by atoms with E-state index in [-0.39, 0.29) is 12.2 Å². The Morgan fingerprint density at radius 3 is 1.68 bits per heavy atom. The summed E-state index contributed by atoms with van der Waals surface area (Å²) in [4.78, 5) is 8.74. The summed E-state index contributed by atoms with van der Waals surface area (Å²) in [5.74, 6) is -0.635. The van der Waals surface area contributed by atoms with Crippen LogP contribution < -0.4 is 0 Å². The Kier molecular flexibility index (Phi) is 3.05. The zero-order valence-corrected chi connectivity index (χ0v) is 11.0. The van der Waals surface area contributed by atoms with Crippen LogP contribution in [0.5, 0.6) is 0 Å². The summed E-state index contributed by atoms with van der Waals surface area (Å²) in [5.41, 5.74) is 1.73. The van der Waals surface area contributed by atoms with Crippen molar-refractivity contribution in [1.29, 1.82) is 0 Å². The molecule has 2 atom stereocenters. The van der Waals surface area contributed by atoms with Crippen molar-refractivity contribution in [2.75, 3.05) is 0 Å². The Balaban J connectivity index is 1.97. The molecule has 3 rings (SSSR count). The van der Waals surface area contributed by atoms with Crippen LogP contribution in [0.1, 0.15) is 37.4 Å². The van der Waals surface area contributed by atoms with Gasteiger partial charge in [-0.25, -0.2) is 0 Å². The SMILES string of the molecule is CC1(C)O[C@@H](c2ccccn2)[C@H](c2ccccn2)O1. The van der Waals surface area contributed by atoms with E-state index in [1.165, 1.54) is 0 Å². The molecular weight excluding hydrogens is 240 g/mol. The molecule has 4 nitrogen and oxygen atoms in total. The molecule has 1 aliphatic rings. The van der Waals surface area contributed by atoms with E-state index in [0.29, 0.717) is 0 Å². The van der Waals surface area contributed by atoms with E-state index in [2.05, 4.69) is 9.97 Å². The molecule has 0 unspecified atom stereocenters. The predicted octanol–water partition coefficient (Wildman–Crippen LogP) is 3.04. The molecule has 0 bridgehead atoms. The number of aromatic nitrogens is 2. The molecule has 1 saturated heterocycles. The van der Waals surface area contributed by atoms with Crippen molar-refractivity contribution in [2.24, 2.45) is 0 Å². The quantitative estimate of drug-likeness (QED) is 0.828. The normalized spacial score (nSPS) is 25.4. The Bertz CT molecular complexity index is 493. The highest BCUT2D eigenvalue weighted by molar-refractivity contribution is 5.17. The van der Waals surface area contributed by atoms with Gasteiger partial charge in [0.25, 0.3) is 0 Å². The van der Waals surface area contributed by atoms with Gasteiger partial charge in [0.1, 0.15) is 12.2 Å². The molecule has 0 N–H and O–H groups in total. The van der Waals surface area contributed by atoms with Gasteiger partial charge in [-0.3, -0.25) is 9.97 Å². The molecule has 0 saturated carbocycles. The molecule has 1 aliphatic heterocycles. The predicted molar refractivity (Wildman–Crippen MR) is 70.2 cm³/mol. The lowest BCUT2D eigenvalue weighted by Crippen LogP contribution is -2.20. The minimum Gasteiger partial charge on any atom is -0.338 e. The summed E-state index contributed by atoms with van der Waals surface area (Å²) >= 11 is 0. The average molecular weight is 256 g/mol. The van der Waals surface area contributed by atoms with E-state index in [1.807, 2.05) is 50.2 Å². The maximum Gasteiger partial charge on any atom is 0.164 e. The van der Waals surface area contributed by atoms with Gasteiger partial charge in [-0.05, 0) is 38.1 Å². The van der Waals surface area contributed by atoms with Crippen molar-refractivity contribution < 1.29 is 9.47 Å². The largest absolute Gasteiger partial charge is 0.338 e. The summed E-state index contributed by atoms with van der Waals surface area (Å²) < 4.78 is 12.0. The lowest BCUT2D eigenvalue weighted by molar-refractivity contribution is -0.148. The standard InChI is InChI=1S/C15H16N2O2/c1-15(2)18-13(11-7-3-5-9-16-11)14(19-15)12-8-4-6-10-17-12/h3-10,13-14H,1-2H3/t13-,14-/m0/s1. The fraction of sp³-hybridized carbons (Fsp3) is 0.333.